The lowest BCUT2D eigenvalue weighted by molar-refractivity contribution is -0.123. The number of para-hydroxylation sites is 2. The molecule has 0 spiro atoms. The van der Waals surface area contributed by atoms with Crippen LogP contribution in [0.5, 0.6) is 5.75 Å². The molecule has 0 aliphatic carbocycles. The number of ether oxygens (including phenoxy) is 1. The fraction of sp³-hybridized carbons (Fsp3) is 0.231. The third-order valence-electron chi connectivity index (χ3n) is 5.42. The maximum absolute atomic E-state index is 12.2. The summed E-state index contributed by atoms with van der Waals surface area (Å²) >= 11 is 5.87. The summed E-state index contributed by atoms with van der Waals surface area (Å²) in [6, 6.07) is 21.6. The van der Waals surface area contributed by atoms with Gasteiger partial charge in [0, 0.05) is 24.5 Å². The number of halogens is 1. The van der Waals surface area contributed by atoms with Gasteiger partial charge in [0.15, 0.2) is 6.61 Å². The molecule has 3 aromatic carbocycles. The normalized spacial score (nSPS) is 11.0. The molecule has 0 saturated heterocycles. The summed E-state index contributed by atoms with van der Waals surface area (Å²) in [5, 5.41) is 3.56. The fourth-order valence-corrected chi connectivity index (χ4v) is 3.80. The van der Waals surface area contributed by atoms with Gasteiger partial charge in [-0.1, -0.05) is 47.5 Å². The minimum Gasteiger partial charge on any atom is -0.484 e. The van der Waals surface area contributed by atoms with Gasteiger partial charge < -0.3 is 14.6 Å². The molecule has 0 aliphatic heterocycles. The van der Waals surface area contributed by atoms with Crippen LogP contribution in [0.25, 0.3) is 11.0 Å². The lowest BCUT2D eigenvalue weighted by Gasteiger charge is -2.13. The third-order valence-corrected chi connectivity index (χ3v) is 5.67. The number of benzene rings is 3. The molecule has 0 aliphatic rings. The van der Waals surface area contributed by atoms with Crippen LogP contribution >= 0.6 is 11.6 Å². The molecule has 1 aromatic heterocycles. The maximum atomic E-state index is 12.2. The summed E-state index contributed by atoms with van der Waals surface area (Å²) in [5.74, 6) is 1.39. The number of amides is 1. The number of hydrogen-bond acceptors (Lipinski definition) is 3. The van der Waals surface area contributed by atoms with Crippen LogP contribution in [0.1, 0.15) is 22.5 Å². The number of nitrogens with zero attached hydrogens (tertiary/aromatic N) is 2. The van der Waals surface area contributed by atoms with E-state index in [4.69, 9.17) is 21.3 Å². The van der Waals surface area contributed by atoms with E-state index in [-0.39, 0.29) is 12.5 Å². The lowest BCUT2D eigenvalue weighted by atomic mass is 10.1. The number of nitrogens with one attached hydrogen (secondary N) is 1. The first kappa shape index (κ1) is 21.9. The number of carbonyl (C=O) groups excluding carboxylic acids is 1. The summed E-state index contributed by atoms with van der Waals surface area (Å²) in [6.45, 7) is 5.43. The number of aromatic nitrogens is 2. The first-order valence-electron chi connectivity index (χ1n) is 10.6. The van der Waals surface area contributed by atoms with Crippen molar-refractivity contribution < 1.29 is 9.53 Å². The van der Waals surface area contributed by atoms with Crippen molar-refractivity contribution in [1.29, 1.82) is 0 Å². The Bertz CT molecular complexity index is 1230. The standard InChI is InChI=1S/C26H26ClN3O2/c1-18-7-8-19(2)20(15-18)16-30-24-6-4-3-5-23(24)29-25(30)13-14-28-26(31)17-32-22-11-9-21(27)10-12-22/h3-12,15H,13-14,16-17H2,1-2H3,(H,28,31). The van der Waals surface area contributed by atoms with Crippen molar-refractivity contribution in [3.63, 3.8) is 0 Å². The number of carbonyl (C=O) groups is 1. The maximum Gasteiger partial charge on any atom is 0.257 e. The Labute approximate surface area is 193 Å². The molecule has 0 saturated carbocycles. The summed E-state index contributed by atoms with van der Waals surface area (Å²) in [7, 11) is 0. The molecule has 164 valence electrons. The van der Waals surface area contributed by atoms with Crippen LogP contribution in [0.3, 0.4) is 0 Å². The monoisotopic (exact) mass is 447 g/mol. The van der Waals surface area contributed by atoms with Gasteiger partial charge in [0.05, 0.1) is 11.0 Å². The fourth-order valence-electron chi connectivity index (χ4n) is 3.68. The molecule has 4 rings (SSSR count). The molecule has 1 heterocycles. The molecule has 1 N–H and O–H groups in total. The molecule has 5 nitrogen and oxygen atoms in total. The van der Waals surface area contributed by atoms with E-state index in [1.807, 2.05) is 18.2 Å². The number of fused-ring (bicyclic) bond motifs is 1. The van der Waals surface area contributed by atoms with Crippen LogP contribution < -0.4 is 10.1 Å². The summed E-state index contributed by atoms with van der Waals surface area (Å²) in [6.07, 6.45) is 0.631. The highest BCUT2D eigenvalue weighted by Gasteiger charge is 2.13. The Hall–Kier alpha value is -3.31. The quantitative estimate of drug-likeness (QED) is 0.409. The van der Waals surface area contributed by atoms with Crippen molar-refractivity contribution in [3.8, 4) is 5.75 Å². The number of aryl methyl sites for hydroxylation is 2. The van der Waals surface area contributed by atoms with Gasteiger partial charge in [0.2, 0.25) is 0 Å². The van der Waals surface area contributed by atoms with Gasteiger partial charge >= 0.3 is 0 Å². The molecule has 32 heavy (non-hydrogen) atoms. The molecule has 0 unspecified atom stereocenters. The Morgan fingerprint density at radius 2 is 1.84 bits per heavy atom. The van der Waals surface area contributed by atoms with Gasteiger partial charge in [-0.2, -0.15) is 0 Å². The molecule has 4 aromatic rings. The van der Waals surface area contributed by atoms with Gasteiger partial charge in [-0.25, -0.2) is 4.98 Å². The van der Waals surface area contributed by atoms with Gasteiger partial charge in [-0.3, -0.25) is 4.79 Å². The second-order valence-electron chi connectivity index (χ2n) is 7.88. The molecular weight excluding hydrogens is 422 g/mol. The average molecular weight is 448 g/mol. The van der Waals surface area contributed by atoms with Gasteiger partial charge in [0.25, 0.3) is 5.91 Å². The van der Waals surface area contributed by atoms with Crippen LogP contribution in [0, 0.1) is 13.8 Å². The van der Waals surface area contributed by atoms with E-state index in [1.54, 1.807) is 24.3 Å². The third kappa shape index (κ3) is 5.29. The summed E-state index contributed by atoms with van der Waals surface area (Å²) in [5.41, 5.74) is 5.83. The highest BCUT2D eigenvalue weighted by molar-refractivity contribution is 6.30. The second kappa shape index (κ2) is 9.88. The molecule has 1 amide bonds. The molecule has 0 fully saturated rings. The van der Waals surface area contributed by atoms with E-state index < -0.39 is 0 Å². The van der Waals surface area contributed by atoms with Gasteiger partial charge in [0.1, 0.15) is 11.6 Å². The summed E-state index contributed by atoms with van der Waals surface area (Å²) in [4.78, 5) is 17.0. The zero-order valence-corrected chi connectivity index (χ0v) is 19.0. The highest BCUT2D eigenvalue weighted by atomic mass is 35.5. The zero-order chi connectivity index (χ0) is 22.5. The minimum atomic E-state index is -0.169. The van der Waals surface area contributed by atoms with E-state index in [2.05, 4.69) is 48.0 Å². The lowest BCUT2D eigenvalue weighted by Crippen LogP contribution is -2.31. The Balaban J connectivity index is 1.42. The summed E-state index contributed by atoms with van der Waals surface area (Å²) < 4.78 is 7.75. The minimum absolute atomic E-state index is 0.0411. The predicted molar refractivity (Wildman–Crippen MR) is 128 cm³/mol. The number of hydrogen-bond donors (Lipinski definition) is 1. The molecule has 0 bridgehead atoms. The number of rotatable bonds is 8. The average Bonchev–Trinajstić information content (AvgIpc) is 3.13. The van der Waals surface area contributed by atoms with E-state index in [0.29, 0.717) is 23.7 Å². The van der Waals surface area contributed by atoms with Crippen molar-refractivity contribution >= 4 is 28.5 Å². The Kier molecular flexibility index (Phi) is 6.76. The first-order chi connectivity index (χ1) is 15.5. The van der Waals surface area contributed by atoms with E-state index >= 15 is 0 Å². The predicted octanol–water partition coefficient (Wildman–Crippen LogP) is 5.09. The highest BCUT2D eigenvalue weighted by Crippen LogP contribution is 2.20. The topological polar surface area (TPSA) is 56.2 Å². The van der Waals surface area contributed by atoms with Crippen LogP contribution in [0.2, 0.25) is 5.02 Å². The van der Waals surface area contributed by atoms with Crippen molar-refractivity contribution in [2.24, 2.45) is 0 Å². The van der Waals surface area contributed by atoms with Crippen molar-refractivity contribution in [2.75, 3.05) is 13.2 Å². The molecule has 6 heteroatoms. The van der Waals surface area contributed by atoms with E-state index in [0.717, 1.165) is 23.4 Å². The van der Waals surface area contributed by atoms with Gasteiger partial charge in [-0.15, -0.1) is 0 Å². The van der Waals surface area contributed by atoms with E-state index in [9.17, 15) is 4.79 Å². The van der Waals surface area contributed by atoms with Crippen molar-refractivity contribution in [1.82, 2.24) is 14.9 Å². The second-order valence-corrected chi connectivity index (χ2v) is 8.31. The van der Waals surface area contributed by atoms with Gasteiger partial charge in [-0.05, 0) is 61.4 Å². The molecular formula is C26H26ClN3O2. The van der Waals surface area contributed by atoms with Crippen LogP contribution in [0.15, 0.2) is 66.7 Å². The SMILES string of the molecule is Cc1ccc(C)c(Cn2c(CCNC(=O)COc3ccc(Cl)cc3)nc3ccccc32)c1. The Morgan fingerprint density at radius 3 is 2.66 bits per heavy atom. The first-order valence-corrected chi connectivity index (χ1v) is 11.0. The number of imidazole rings is 1. The Morgan fingerprint density at radius 1 is 1.06 bits per heavy atom. The van der Waals surface area contributed by atoms with Crippen LogP contribution in [-0.2, 0) is 17.8 Å². The molecule has 0 atom stereocenters. The zero-order valence-electron chi connectivity index (χ0n) is 18.3. The molecule has 0 radical (unpaired) electrons. The smallest absolute Gasteiger partial charge is 0.257 e. The van der Waals surface area contributed by atoms with Crippen LogP contribution in [-0.4, -0.2) is 28.6 Å². The van der Waals surface area contributed by atoms with Crippen molar-refractivity contribution in [2.45, 2.75) is 26.8 Å². The van der Waals surface area contributed by atoms with E-state index in [1.165, 1.54) is 16.7 Å². The van der Waals surface area contributed by atoms with Crippen molar-refractivity contribution in [3.05, 3.63) is 94.3 Å². The van der Waals surface area contributed by atoms with Crippen LogP contribution in [0.4, 0.5) is 0 Å². The largest absolute Gasteiger partial charge is 0.484 e.